The van der Waals surface area contributed by atoms with Crippen LogP contribution in [-0.2, 0) is 9.31 Å². The van der Waals surface area contributed by atoms with Gasteiger partial charge >= 0.3 is 7.12 Å². The lowest BCUT2D eigenvalue weighted by atomic mass is 9.79. The van der Waals surface area contributed by atoms with E-state index in [9.17, 15) is 8.78 Å². The molecule has 1 aromatic carbocycles. The number of benzene rings is 1. The zero-order chi connectivity index (χ0) is 15.6. The van der Waals surface area contributed by atoms with Crippen LogP contribution < -0.4 is 0 Å². The molecule has 2 aliphatic rings. The lowest BCUT2D eigenvalue weighted by Crippen LogP contribution is -2.41. The van der Waals surface area contributed by atoms with Crippen LogP contribution in [0.2, 0.25) is 5.82 Å². The van der Waals surface area contributed by atoms with E-state index in [2.05, 4.69) is 0 Å². The standard InChI is InChI=1S/C16H21BF2O2/c1-9-12(13-10(18)7-6-8-11(13)19)14(9)17-20-15(2,3)16(4,5)21-17/h6-9,12,14H,1-5H3/t9-,12?,14?/m0/s1. The van der Waals surface area contributed by atoms with Crippen molar-refractivity contribution in [3.05, 3.63) is 35.4 Å². The average molecular weight is 294 g/mol. The Labute approximate surface area is 125 Å². The van der Waals surface area contributed by atoms with Crippen molar-refractivity contribution in [1.29, 1.82) is 0 Å². The van der Waals surface area contributed by atoms with E-state index in [1.165, 1.54) is 18.2 Å². The molecule has 0 spiro atoms. The van der Waals surface area contributed by atoms with E-state index in [4.69, 9.17) is 9.31 Å². The van der Waals surface area contributed by atoms with Gasteiger partial charge in [-0.3, -0.25) is 0 Å². The first-order chi connectivity index (χ1) is 9.66. The second-order valence-corrected chi connectivity index (χ2v) is 7.22. The van der Waals surface area contributed by atoms with Gasteiger partial charge in [-0.1, -0.05) is 13.0 Å². The maximum absolute atomic E-state index is 14.0. The third kappa shape index (κ3) is 2.22. The molecule has 0 amide bonds. The van der Waals surface area contributed by atoms with Crippen LogP contribution in [0.25, 0.3) is 0 Å². The van der Waals surface area contributed by atoms with Crippen molar-refractivity contribution in [2.45, 2.75) is 57.6 Å². The molecule has 2 nitrogen and oxygen atoms in total. The van der Waals surface area contributed by atoms with Gasteiger partial charge in [0.05, 0.1) is 11.2 Å². The molecular formula is C16H21BF2O2. The van der Waals surface area contributed by atoms with Gasteiger partial charge in [0, 0.05) is 11.4 Å². The van der Waals surface area contributed by atoms with Gasteiger partial charge in [0.15, 0.2) is 0 Å². The van der Waals surface area contributed by atoms with Gasteiger partial charge in [-0.25, -0.2) is 8.78 Å². The quantitative estimate of drug-likeness (QED) is 0.762. The lowest BCUT2D eigenvalue weighted by molar-refractivity contribution is 0.00578. The van der Waals surface area contributed by atoms with Crippen molar-refractivity contribution >= 4 is 7.12 Å². The minimum absolute atomic E-state index is 0.00236. The van der Waals surface area contributed by atoms with Crippen molar-refractivity contribution in [3.8, 4) is 0 Å². The highest BCUT2D eigenvalue weighted by Crippen LogP contribution is 2.63. The molecule has 2 unspecified atom stereocenters. The van der Waals surface area contributed by atoms with E-state index < -0.39 is 30.0 Å². The summed E-state index contributed by atoms with van der Waals surface area (Å²) >= 11 is 0. The van der Waals surface area contributed by atoms with Crippen LogP contribution in [0, 0.1) is 17.6 Å². The van der Waals surface area contributed by atoms with Crippen LogP contribution in [0.15, 0.2) is 18.2 Å². The summed E-state index contributed by atoms with van der Waals surface area (Å²) in [5.74, 6) is -0.999. The smallest absolute Gasteiger partial charge is 0.403 e. The Morgan fingerprint density at radius 2 is 1.48 bits per heavy atom. The molecule has 3 atom stereocenters. The van der Waals surface area contributed by atoms with E-state index in [1.807, 2.05) is 34.6 Å². The SMILES string of the molecule is C[C@@H]1C(B2OC(C)(C)C(C)(C)O2)C1c1c(F)cccc1F. The Morgan fingerprint density at radius 1 is 1.00 bits per heavy atom. The Hall–Kier alpha value is -0.935. The summed E-state index contributed by atoms with van der Waals surface area (Å²) < 4.78 is 40.0. The molecule has 1 saturated carbocycles. The van der Waals surface area contributed by atoms with E-state index in [0.29, 0.717) is 0 Å². The molecule has 1 aliphatic heterocycles. The monoisotopic (exact) mass is 294 g/mol. The molecule has 21 heavy (non-hydrogen) atoms. The molecule has 3 rings (SSSR count). The minimum atomic E-state index is -0.481. The highest BCUT2D eigenvalue weighted by Gasteiger charge is 2.64. The van der Waals surface area contributed by atoms with Crippen molar-refractivity contribution in [2.75, 3.05) is 0 Å². The van der Waals surface area contributed by atoms with Gasteiger partial charge in [0.2, 0.25) is 0 Å². The summed E-state index contributed by atoms with van der Waals surface area (Å²) in [6, 6.07) is 4.01. The molecular weight excluding hydrogens is 273 g/mol. The van der Waals surface area contributed by atoms with Crippen molar-refractivity contribution in [1.82, 2.24) is 0 Å². The molecule has 1 saturated heterocycles. The lowest BCUT2D eigenvalue weighted by Gasteiger charge is -2.32. The normalized spacial score (nSPS) is 33.3. The summed E-state index contributed by atoms with van der Waals surface area (Å²) in [6.07, 6.45) is 0. The topological polar surface area (TPSA) is 18.5 Å². The molecule has 0 N–H and O–H groups in total. The first-order valence-corrected chi connectivity index (χ1v) is 7.45. The predicted octanol–water partition coefficient (Wildman–Crippen LogP) is 4.16. The van der Waals surface area contributed by atoms with Crippen LogP contribution in [0.1, 0.15) is 46.1 Å². The number of hydrogen-bond acceptors (Lipinski definition) is 2. The van der Waals surface area contributed by atoms with E-state index in [-0.39, 0.29) is 23.2 Å². The van der Waals surface area contributed by atoms with Gasteiger partial charge in [-0.2, -0.15) is 0 Å². The maximum atomic E-state index is 14.0. The van der Waals surface area contributed by atoms with Crippen LogP contribution in [0.3, 0.4) is 0 Å². The second-order valence-electron chi connectivity index (χ2n) is 7.22. The zero-order valence-corrected chi connectivity index (χ0v) is 13.1. The fourth-order valence-electron chi connectivity index (χ4n) is 3.24. The summed E-state index contributed by atoms with van der Waals surface area (Å²) in [5.41, 5.74) is -0.666. The molecule has 0 aromatic heterocycles. The zero-order valence-electron chi connectivity index (χ0n) is 13.1. The maximum Gasteiger partial charge on any atom is 0.462 e. The Kier molecular flexibility index (Phi) is 3.23. The second kappa shape index (κ2) is 4.53. The number of halogens is 2. The summed E-state index contributed by atoms with van der Waals surface area (Å²) in [6.45, 7) is 9.93. The molecule has 1 aliphatic carbocycles. The highest BCUT2D eigenvalue weighted by atomic mass is 19.1. The first-order valence-electron chi connectivity index (χ1n) is 7.45. The largest absolute Gasteiger partial charge is 0.462 e. The molecule has 0 bridgehead atoms. The first kappa shape index (κ1) is 15.0. The highest BCUT2D eigenvalue weighted by molar-refractivity contribution is 6.49. The van der Waals surface area contributed by atoms with Crippen LogP contribution in [0.4, 0.5) is 8.78 Å². The van der Waals surface area contributed by atoms with E-state index >= 15 is 0 Å². The van der Waals surface area contributed by atoms with Gasteiger partial charge in [-0.05, 0) is 51.7 Å². The fraction of sp³-hybridized carbons (Fsp3) is 0.625. The van der Waals surface area contributed by atoms with Crippen molar-refractivity contribution in [3.63, 3.8) is 0 Å². The van der Waals surface area contributed by atoms with Gasteiger partial charge in [0.25, 0.3) is 0 Å². The number of hydrogen-bond donors (Lipinski definition) is 0. The Morgan fingerprint density at radius 3 is 1.95 bits per heavy atom. The molecule has 114 valence electrons. The Balaban J connectivity index is 1.85. The molecule has 5 heteroatoms. The van der Waals surface area contributed by atoms with Gasteiger partial charge in [0.1, 0.15) is 11.6 Å². The fourth-order valence-corrected chi connectivity index (χ4v) is 3.24. The Bertz CT molecular complexity index is 537. The van der Waals surface area contributed by atoms with Crippen molar-refractivity contribution < 1.29 is 18.1 Å². The van der Waals surface area contributed by atoms with Gasteiger partial charge in [-0.15, -0.1) is 0 Å². The van der Waals surface area contributed by atoms with E-state index in [1.54, 1.807) is 0 Å². The van der Waals surface area contributed by atoms with Crippen molar-refractivity contribution in [2.24, 2.45) is 5.92 Å². The average Bonchev–Trinajstić information content (AvgIpc) is 2.92. The summed E-state index contributed by atoms with van der Waals surface area (Å²) in [4.78, 5) is 0. The van der Waals surface area contributed by atoms with Gasteiger partial charge < -0.3 is 9.31 Å². The summed E-state index contributed by atoms with van der Waals surface area (Å²) in [7, 11) is -0.408. The molecule has 0 radical (unpaired) electrons. The number of rotatable bonds is 2. The minimum Gasteiger partial charge on any atom is -0.403 e. The van der Waals surface area contributed by atoms with Crippen LogP contribution in [-0.4, -0.2) is 18.3 Å². The summed E-state index contributed by atoms with van der Waals surface area (Å²) in [5, 5.41) is 0. The van der Waals surface area contributed by atoms with Crippen LogP contribution >= 0.6 is 0 Å². The predicted molar refractivity (Wildman–Crippen MR) is 78.1 cm³/mol. The third-order valence-corrected chi connectivity index (χ3v) is 5.37. The van der Waals surface area contributed by atoms with E-state index in [0.717, 1.165) is 0 Å². The van der Waals surface area contributed by atoms with Crippen LogP contribution in [0.5, 0.6) is 0 Å². The molecule has 2 fully saturated rings. The third-order valence-electron chi connectivity index (χ3n) is 5.37. The molecule has 1 aromatic rings. The molecule has 1 heterocycles.